The van der Waals surface area contributed by atoms with Crippen LogP contribution >= 0.6 is 0 Å². The van der Waals surface area contributed by atoms with Crippen molar-refractivity contribution < 1.29 is 14.3 Å². The van der Waals surface area contributed by atoms with Gasteiger partial charge < -0.3 is 9.52 Å². The number of aryl methyl sites for hydroxylation is 1. The Balaban J connectivity index is 2.12. The number of hydrogen-bond acceptors (Lipinski definition) is 3. The van der Waals surface area contributed by atoms with Crippen LogP contribution in [0, 0.1) is 18.8 Å². The second kappa shape index (κ2) is 8.37. The number of aromatic carboxylic acids is 1. The molecule has 0 saturated carbocycles. The van der Waals surface area contributed by atoms with Crippen molar-refractivity contribution in [3.8, 4) is 34.6 Å². The quantitative estimate of drug-likeness (QED) is 0.479. The minimum Gasteiger partial charge on any atom is -0.478 e. The van der Waals surface area contributed by atoms with Crippen LogP contribution in [0.5, 0.6) is 0 Å². The molecule has 3 rings (SSSR count). The van der Waals surface area contributed by atoms with E-state index in [9.17, 15) is 9.90 Å². The molecule has 1 N–H and O–H groups in total. The Bertz CT molecular complexity index is 1010. The normalized spacial score (nSPS) is 10.3. The smallest absolute Gasteiger partial charge is 0.336 e. The van der Waals surface area contributed by atoms with Crippen LogP contribution < -0.4 is 0 Å². The van der Waals surface area contributed by atoms with Crippen LogP contribution in [0.15, 0.2) is 52.9 Å². The molecule has 4 heteroatoms. The molecule has 0 aliphatic heterocycles. The molecule has 1 heterocycles. The fourth-order valence-corrected chi connectivity index (χ4v) is 2.85. The van der Waals surface area contributed by atoms with E-state index in [0.29, 0.717) is 22.6 Å². The zero-order chi connectivity index (χ0) is 19.2. The van der Waals surface area contributed by atoms with Crippen LogP contribution in [-0.4, -0.2) is 16.1 Å². The van der Waals surface area contributed by atoms with Crippen LogP contribution in [0.3, 0.4) is 0 Å². The van der Waals surface area contributed by atoms with Gasteiger partial charge in [0.25, 0.3) is 0 Å². The van der Waals surface area contributed by atoms with Crippen molar-refractivity contribution in [1.29, 1.82) is 0 Å². The number of benzene rings is 2. The Hall–Kier alpha value is -3.32. The maximum absolute atomic E-state index is 11.8. The highest BCUT2D eigenvalue weighted by atomic mass is 16.4. The number of hydrogen-bond donors (Lipinski definition) is 1. The highest BCUT2D eigenvalue weighted by Gasteiger charge is 2.21. The van der Waals surface area contributed by atoms with Gasteiger partial charge in [0.1, 0.15) is 0 Å². The van der Waals surface area contributed by atoms with Gasteiger partial charge in [0.2, 0.25) is 5.89 Å². The predicted octanol–water partition coefficient (Wildman–Crippen LogP) is 5.56. The maximum atomic E-state index is 11.8. The lowest BCUT2D eigenvalue weighted by Gasteiger charge is -2.05. The van der Waals surface area contributed by atoms with Gasteiger partial charge in [-0.05, 0) is 25.5 Å². The van der Waals surface area contributed by atoms with Crippen LogP contribution in [0.25, 0.3) is 22.8 Å². The van der Waals surface area contributed by atoms with Crippen molar-refractivity contribution >= 4 is 5.97 Å². The first-order valence-electron chi connectivity index (χ1n) is 9.00. The fraction of sp³-hybridized carbons (Fsp3) is 0.217. The first-order chi connectivity index (χ1) is 13.1. The minimum atomic E-state index is -1.03. The Morgan fingerprint density at radius 1 is 1.15 bits per heavy atom. The molecule has 0 bridgehead atoms. The Morgan fingerprint density at radius 3 is 2.63 bits per heavy atom. The SMILES string of the molecule is CCCCC#Cc1cccc(C(=O)O)c1-c1nc(C)c(-c2ccccc2)o1. The number of carbonyl (C=O) groups is 1. The monoisotopic (exact) mass is 359 g/mol. The lowest BCUT2D eigenvalue weighted by atomic mass is 10.0. The van der Waals surface area contributed by atoms with Gasteiger partial charge in [-0.15, -0.1) is 0 Å². The minimum absolute atomic E-state index is 0.137. The summed E-state index contributed by atoms with van der Waals surface area (Å²) in [5.74, 6) is 6.10. The molecule has 0 amide bonds. The van der Waals surface area contributed by atoms with E-state index in [1.54, 1.807) is 12.1 Å². The molecule has 0 aliphatic rings. The van der Waals surface area contributed by atoms with E-state index in [4.69, 9.17) is 4.42 Å². The second-order valence-corrected chi connectivity index (χ2v) is 6.24. The first-order valence-corrected chi connectivity index (χ1v) is 9.00. The van der Waals surface area contributed by atoms with Crippen LogP contribution in [0.2, 0.25) is 0 Å². The molecule has 1 aromatic heterocycles. The maximum Gasteiger partial charge on any atom is 0.336 e. The fourth-order valence-electron chi connectivity index (χ4n) is 2.85. The van der Waals surface area contributed by atoms with E-state index in [-0.39, 0.29) is 11.5 Å². The average molecular weight is 359 g/mol. The summed E-state index contributed by atoms with van der Waals surface area (Å²) in [4.78, 5) is 16.3. The summed E-state index contributed by atoms with van der Waals surface area (Å²) in [7, 11) is 0. The highest BCUT2D eigenvalue weighted by Crippen LogP contribution is 2.33. The van der Waals surface area contributed by atoms with Crippen molar-refractivity contribution in [3.05, 3.63) is 65.4 Å². The van der Waals surface area contributed by atoms with Gasteiger partial charge >= 0.3 is 5.97 Å². The summed E-state index contributed by atoms with van der Waals surface area (Å²) in [6, 6.07) is 14.7. The van der Waals surface area contributed by atoms with Crippen molar-refractivity contribution in [3.63, 3.8) is 0 Å². The predicted molar refractivity (Wildman–Crippen MR) is 105 cm³/mol. The van der Waals surface area contributed by atoms with Gasteiger partial charge in [-0.25, -0.2) is 9.78 Å². The van der Waals surface area contributed by atoms with E-state index in [2.05, 4.69) is 23.7 Å². The van der Waals surface area contributed by atoms with E-state index < -0.39 is 5.97 Å². The Kier molecular flexibility index (Phi) is 5.73. The summed E-state index contributed by atoms with van der Waals surface area (Å²) in [6.45, 7) is 3.96. The number of unbranched alkanes of at least 4 members (excludes halogenated alkanes) is 2. The van der Waals surface area contributed by atoms with Gasteiger partial charge in [0.05, 0.1) is 16.8 Å². The van der Waals surface area contributed by atoms with Crippen molar-refractivity contribution in [2.45, 2.75) is 33.1 Å². The molecule has 136 valence electrons. The molecule has 0 aliphatic carbocycles. The third-order valence-electron chi connectivity index (χ3n) is 4.22. The lowest BCUT2D eigenvalue weighted by molar-refractivity contribution is 0.0697. The summed E-state index contributed by atoms with van der Waals surface area (Å²) in [5.41, 5.74) is 2.79. The van der Waals surface area contributed by atoms with E-state index in [1.165, 1.54) is 0 Å². The molecule has 0 unspecified atom stereocenters. The summed E-state index contributed by atoms with van der Waals surface area (Å²) >= 11 is 0. The van der Waals surface area contributed by atoms with Crippen molar-refractivity contribution in [2.75, 3.05) is 0 Å². The van der Waals surface area contributed by atoms with Crippen LogP contribution in [-0.2, 0) is 0 Å². The van der Waals surface area contributed by atoms with Crippen molar-refractivity contribution in [2.24, 2.45) is 0 Å². The topological polar surface area (TPSA) is 63.3 Å². The molecule has 0 atom stereocenters. The van der Waals surface area contributed by atoms with Gasteiger partial charge in [0, 0.05) is 17.5 Å². The lowest BCUT2D eigenvalue weighted by Crippen LogP contribution is -2.01. The van der Waals surface area contributed by atoms with E-state index >= 15 is 0 Å². The Morgan fingerprint density at radius 2 is 1.93 bits per heavy atom. The molecule has 27 heavy (non-hydrogen) atoms. The number of carboxylic acid groups (broad SMARTS) is 1. The van der Waals surface area contributed by atoms with E-state index in [1.807, 2.05) is 43.3 Å². The van der Waals surface area contributed by atoms with Crippen LogP contribution in [0.4, 0.5) is 0 Å². The second-order valence-electron chi connectivity index (χ2n) is 6.24. The molecule has 4 nitrogen and oxygen atoms in total. The van der Waals surface area contributed by atoms with Crippen molar-refractivity contribution in [1.82, 2.24) is 4.98 Å². The summed E-state index contributed by atoms with van der Waals surface area (Å²) in [5, 5.41) is 9.64. The first kappa shape index (κ1) is 18.5. The highest BCUT2D eigenvalue weighted by molar-refractivity contribution is 5.96. The zero-order valence-corrected chi connectivity index (χ0v) is 15.5. The molecule has 0 spiro atoms. The molecule has 3 aromatic rings. The van der Waals surface area contributed by atoms with Gasteiger partial charge in [0.15, 0.2) is 5.76 Å². The molecule has 0 saturated heterocycles. The molecular formula is C23H21NO3. The zero-order valence-electron chi connectivity index (χ0n) is 15.5. The van der Waals surface area contributed by atoms with Gasteiger partial charge in [-0.2, -0.15) is 0 Å². The third-order valence-corrected chi connectivity index (χ3v) is 4.22. The molecule has 0 radical (unpaired) electrons. The number of nitrogens with zero attached hydrogens (tertiary/aromatic N) is 1. The largest absolute Gasteiger partial charge is 0.478 e. The number of aromatic nitrogens is 1. The van der Waals surface area contributed by atoms with Gasteiger partial charge in [-0.3, -0.25) is 0 Å². The standard InChI is InChI=1S/C23H21NO3/c1-3-4-5-7-11-17-14-10-15-19(23(25)26)20(17)22-24-16(2)21(27-22)18-12-8-6-9-13-18/h6,8-10,12-15H,3-5H2,1-2H3,(H,25,26). The number of rotatable bonds is 5. The molecular weight excluding hydrogens is 338 g/mol. The number of oxazole rings is 1. The van der Waals surface area contributed by atoms with Gasteiger partial charge in [-0.1, -0.05) is 61.6 Å². The summed E-state index contributed by atoms with van der Waals surface area (Å²) in [6.07, 6.45) is 2.85. The third kappa shape index (κ3) is 4.09. The Labute approximate surface area is 158 Å². The molecule has 2 aromatic carbocycles. The van der Waals surface area contributed by atoms with E-state index in [0.717, 1.165) is 24.8 Å². The number of carboxylic acids is 1. The summed E-state index contributed by atoms with van der Waals surface area (Å²) < 4.78 is 6.00. The average Bonchev–Trinajstić information content (AvgIpc) is 3.07. The van der Waals surface area contributed by atoms with Crippen LogP contribution in [0.1, 0.15) is 47.8 Å². The molecule has 0 fully saturated rings.